The average Bonchev–Trinajstić information content (AvgIpc) is 3.26. The highest BCUT2D eigenvalue weighted by Gasteiger charge is 2.64. The van der Waals surface area contributed by atoms with Gasteiger partial charge in [-0.2, -0.15) is 8.42 Å². The Labute approximate surface area is 221 Å². The molecule has 0 spiro atoms. The van der Waals surface area contributed by atoms with E-state index in [9.17, 15) is 8.42 Å². The van der Waals surface area contributed by atoms with E-state index in [4.69, 9.17) is 27.6 Å². The molecule has 0 amide bonds. The third-order valence-electron chi connectivity index (χ3n) is 6.98. The van der Waals surface area contributed by atoms with Crippen molar-refractivity contribution in [2.45, 2.75) is 69.5 Å². The van der Waals surface area contributed by atoms with E-state index in [1.807, 2.05) is 36.4 Å². The Bertz CT molecular complexity index is 1130. The Morgan fingerprint density at radius 2 is 1.43 bits per heavy atom. The van der Waals surface area contributed by atoms with Gasteiger partial charge in [-0.1, -0.05) is 81.4 Å². The molecule has 8 nitrogen and oxygen atoms in total. The number of ether oxygens (including phenoxy) is 4. The molecule has 2 fully saturated rings. The lowest BCUT2D eigenvalue weighted by Crippen LogP contribution is -2.68. The fourth-order valence-corrected chi connectivity index (χ4v) is 10.5. The maximum atomic E-state index is 12.1. The summed E-state index contributed by atoms with van der Waals surface area (Å²) in [7, 11) is -5.20. The molecule has 0 radical (unpaired) electrons. The summed E-state index contributed by atoms with van der Waals surface area (Å²) in [4.78, 5) is 0. The van der Waals surface area contributed by atoms with Crippen LogP contribution in [0.25, 0.3) is 0 Å². The average molecular weight is 551 g/mol. The molecule has 0 N–H and O–H groups in total. The van der Waals surface area contributed by atoms with Crippen molar-refractivity contribution in [1.82, 2.24) is 0 Å². The van der Waals surface area contributed by atoms with Crippen molar-refractivity contribution in [3.63, 3.8) is 0 Å². The van der Waals surface area contributed by atoms with Crippen LogP contribution in [0.1, 0.15) is 34.6 Å². The summed E-state index contributed by atoms with van der Waals surface area (Å²) >= 11 is 0. The van der Waals surface area contributed by atoms with Crippen LogP contribution >= 0.6 is 0 Å². The lowest BCUT2D eigenvalue weighted by atomic mass is 9.97. The van der Waals surface area contributed by atoms with Gasteiger partial charge in [0.05, 0.1) is 12.9 Å². The van der Waals surface area contributed by atoms with Crippen LogP contribution in [-0.2, 0) is 37.7 Å². The first-order chi connectivity index (χ1) is 17.2. The highest BCUT2D eigenvalue weighted by atomic mass is 32.2. The Morgan fingerprint density at radius 1 is 0.892 bits per heavy atom. The molecule has 10 heteroatoms. The van der Waals surface area contributed by atoms with Crippen molar-refractivity contribution in [1.29, 1.82) is 0 Å². The minimum absolute atomic E-state index is 0.00839. The highest BCUT2D eigenvalue weighted by molar-refractivity contribution is 7.85. The van der Waals surface area contributed by atoms with Crippen molar-refractivity contribution < 1.29 is 36.0 Å². The van der Waals surface area contributed by atoms with Crippen LogP contribution in [0.4, 0.5) is 0 Å². The van der Waals surface area contributed by atoms with Crippen LogP contribution in [-0.4, -0.2) is 73.2 Å². The monoisotopic (exact) mass is 550 g/mol. The Balaban J connectivity index is 1.79. The van der Waals surface area contributed by atoms with Gasteiger partial charge in [0, 0.05) is 7.11 Å². The van der Waals surface area contributed by atoms with Gasteiger partial charge < -0.3 is 23.4 Å². The third-order valence-corrected chi connectivity index (χ3v) is 12.5. The molecule has 2 aromatic rings. The molecule has 4 rings (SSSR count). The minimum atomic E-state index is -3.78. The zero-order valence-corrected chi connectivity index (χ0v) is 24.4. The molecule has 4 atom stereocenters. The predicted octanol–water partition coefficient (Wildman–Crippen LogP) is 2.80. The highest BCUT2D eigenvalue weighted by Crippen LogP contribution is 2.45. The summed E-state index contributed by atoms with van der Waals surface area (Å²) in [5.41, 5.74) is -1.29. The molecule has 0 unspecified atom stereocenters. The lowest BCUT2D eigenvalue weighted by Gasteiger charge is -2.45. The molecule has 0 aromatic heterocycles. The molecule has 0 saturated carbocycles. The van der Waals surface area contributed by atoms with Gasteiger partial charge in [0.15, 0.2) is 12.1 Å². The maximum absolute atomic E-state index is 12.1. The lowest BCUT2D eigenvalue weighted by molar-refractivity contribution is -0.252. The van der Waals surface area contributed by atoms with E-state index in [0.717, 1.165) is 16.6 Å². The van der Waals surface area contributed by atoms with Crippen LogP contribution in [0.15, 0.2) is 60.7 Å². The number of rotatable bonds is 9. The van der Waals surface area contributed by atoms with Gasteiger partial charge in [-0.15, -0.1) is 0 Å². The van der Waals surface area contributed by atoms with Gasteiger partial charge in [0.1, 0.15) is 24.4 Å². The van der Waals surface area contributed by atoms with E-state index in [0.29, 0.717) is 0 Å². The second-order valence-corrected chi connectivity index (χ2v) is 17.2. The number of fused-ring (bicyclic) bond motifs is 1. The van der Waals surface area contributed by atoms with Gasteiger partial charge in [0.2, 0.25) is 0 Å². The molecule has 204 valence electrons. The number of hydrogen-bond acceptors (Lipinski definition) is 8. The van der Waals surface area contributed by atoms with Crippen LogP contribution in [0.2, 0.25) is 5.04 Å². The number of methoxy groups -OCH3 is 1. The summed E-state index contributed by atoms with van der Waals surface area (Å²) in [5.74, 6) is -0.866. The smallest absolute Gasteiger partial charge is 0.264 e. The van der Waals surface area contributed by atoms with E-state index in [-0.39, 0.29) is 18.3 Å². The molecule has 0 bridgehead atoms. The quantitative estimate of drug-likeness (QED) is 0.348. The van der Waals surface area contributed by atoms with Crippen molar-refractivity contribution in [3.05, 3.63) is 60.7 Å². The SMILES string of the molecule is CO[C@H]1[C@H]2OC(C)(C)O[C@H]2O[C@@]1(CO[Si](c1ccccc1)(c1ccccc1)C(C)(C)C)COS(C)(=O)=O. The third kappa shape index (κ3) is 5.57. The minimum Gasteiger partial charge on any atom is -0.404 e. The largest absolute Gasteiger partial charge is 0.404 e. The molecular weight excluding hydrogens is 512 g/mol. The van der Waals surface area contributed by atoms with E-state index in [1.54, 1.807) is 21.0 Å². The van der Waals surface area contributed by atoms with Crippen molar-refractivity contribution in [2.24, 2.45) is 0 Å². The normalized spacial score (nSPS) is 27.8. The number of benzene rings is 2. The van der Waals surface area contributed by atoms with Gasteiger partial charge in [-0.25, -0.2) is 0 Å². The van der Waals surface area contributed by atoms with E-state index in [1.165, 1.54) is 0 Å². The molecule has 0 aliphatic carbocycles. The first-order valence-electron chi connectivity index (χ1n) is 12.4. The first kappa shape index (κ1) is 28.4. The fraction of sp³-hybridized carbons (Fsp3) is 0.556. The first-order valence-corrected chi connectivity index (χ1v) is 16.1. The van der Waals surface area contributed by atoms with Crippen LogP contribution in [0.3, 0.4) is 0 Å². The van der Waals surface area contributed by atoms with Crippen LogP contribution < -0.4 is 10.4 Å². The second kappa shape index (κ2) is 10.2. The summed E-state index contributed by atoms with van der Waals surface area (Å²) in [6.07, 6.45) is -1.02. The second-order valence-electron chi connectivity index (χ2n) is 11.2. The molecule has 2 aromatic carbocycles. The topological polar surface area (TPSA) is 89.5 Å². The standard InChI is InChI=1S/C27H38O8SSi/c1-25(2,3)37(20-14-10-8-11-15-20,21-16-12-9-13-17-21)32-19-27(18-31-36(7,28)29)23(30-6)22-24(35-27)34-26(4,5)33-22/h8-17,22-24H,18-19H2,1-7H3/t22-,23+,24+,27-/m1/s1. The van der Waals surface area contributed by atoms with Crippen molar-refractivity contribution in [3.8, 4) is 0 Å². The van der Waals surface area contributed by atoms with Crippen LogP contribution in [0.5, 0.6) is 0 Å². The molecule has 2 aliphatic heterocycles. The fourth-order valence-electron chi connectivity index (χ4n) is 5.47. The molecule has 2 aliphatic rings. The van der Waals surface area contributed by atoms with Crippen LogP contribution in [0, 0.1) is 0 Å². The Hall–Kier alpha value is -1.63. The summed E-state index contributed by atoms with van der Waals surface area (Å²) in [6, 6.07) is 20.4. The van der Waals surface area contributed by atoms with Gasteiger partial charge >= 0.3 is 0 Å². The molecule has 37 heavy (non-hydrogen) atoms. The molecule has 2 heterocycles. The van der Waals surface area contributed by atoms with E-state index in [2.05, 4.69) is 45.0 Å². The number of hydrogen-bond donors (Lipinski definition) is 0. The van der Waals surface area contributed by atoms with E-state index >= 15 is 0 Å². The Morgan fingerprint density at radius 3 is 1.89 bits per heavy atom. The van der Waals surface area contributed by atoms with Gasteiger partial charge in [-0.05, 0) is 29.3 Å². The zero-order chi connectivity index (χ0) is 27.1. The predicted molar refractivity (Wildman–Crippen MR) is 143 cm³/mol. The van der Waals surface area contributed by atoms with Crippen molar-refractivity contribution in [2.75, 3.05) is 26.6 Å². The Kier molecular flexibility index (Phi) is 7.79. The molecule has 2 saturated heterocycles. The summed E-state index contributed by atoms with van der Waals surface area (Å²) in [6.45, 7) is 9.82. The zero-order valence-electron chi connectivity index (χ0n) is 22.6. The maximum Gasteiger partial charge on any atom is 0.264 e. The van der Waals surface area contributed by atoms with Crippen molar-refractivity contribution >= 4 is 28.8 Å². The van der Waals surface area contributed by atoms with Gasteiger partial charge in [-0.3, -0.25) is 4.18 Å². The van der Waals surface area contributed by atoms with Gasteiger partial charge in [0.25, 0.3) is 18.4 Å². The summed E-state index contributed by atoms with van der Waals surface area (Å²) < 4.78 is 61.0. The molecular formula is C27H38O8SSi. The van der Waals surface area contributed by atoms with E-state index < -0.39 is 48.3 Å². The summed E-state index contributed by atoms with van der Waals surface area (Å²) in [5, 5.41) is 1.89.